The Labute approximate surface area is 122 Å². The maximum atomic E-state index is 12.0. The Balaban J connectivity index is 0.00000324. The predicted octanol–water partition coefficient (Wildman–Crippen LogP) is 1.90. The SMILES string of the molecule is CC(C)CC(CN)NS(=O)(=O)Cc1ccccc1.Cl. The second kappa shape index (κ2) is 8.53. The highest BCUT2D eigenvalue weighted by atomic mass is 35.5. The minimum atomic E-state index is -3.32. The molecule has 1 aromatic carbocycles. The van der Waals surface area contributed by atoms with Crippen LogP contribution in [0, 0.1) is 5.92 Å². The molecule has 0 spiro atoms. The molecule has 0 fully saturated rings. The van der Waals surface area contributed by atoms with E-state index in [0.29, 0.717) is 12.5 Å². The molecule has 0 bridgehead atoms. The van der Waals surface area contributed by atoms with E-state index in [4.69, 9.17) is 5.73 Å². The Bertz CT molecular complexity index is 449. The summed E-state index contributed by atoms with van der Waals surface area (Å²) in [6.45, 7) is 4.43. The number of benzene rings is 1. The van der Waals surface area contributed by atoms with Crippen LogP contribution < -0.4 is 10.5 Å². The Kier molecular flexibility index (Phi) is 8.25. The summed E-state index contributed by atoms with van der Waals surface area (Å²) in [5.74, 6) is 0.417. The van der Waals surface area contributed by atoms with Gasteiger partial charge in [0.2, 0.25) is 10.0 Å². The van der Waals surface area contributed by atoms with Gasteiger partial charge in [0, 0.05) is 12.6 Å². The normalized spacial score (nSPS) is 13.1. The summed E-state index contributed by atoms with van der Waals surface area (Å²) in [5.41, 5.74) is 6.38. The summed E-state index contributed by atoms with van der Waals surface area (Å²) in [6, 6.07) is 8.96. The summed E-state index contributed by atoms with van der Waals surface area (Å²) < 4.78 is 26.6. The third-order valence-corrected chi connectivity index (χ3v) is 3.99. The largest absolute Gasteiger partial charge is 0.329 e. The first-order chi connectivity index (χ1) is 8.43. The minimum absolute atomic E-state index is 0. The standard InChI is InChI=1S/C13H22N2O2S.ClH/c1-11(2)8-13(9-14)15-18(16,17)10-12-6-4-3-5-7-12;/h3-7,11,13,15H,8-10,14H2,1-2H3;1H. The van der Waals surface area contributed by atoms with Gasteiger partial charge in [0.15, 0.2) is 0 Å². The zero-order valence-electron chi connectivity index (χ0n) is 11.4. The van der Waals surface area contributed by atoms with Crippen LogP contribution in [-0.2, 0) is 15.8 Å². The van der Waals surface area contributed by atoms with Crippen molar-refractivity contribution in [1.82, 2.24) is 4.72 Å². The third-order valence-electron chi connectivity index (χ3n) is 2.59. The number of rotatable bonds is 7. The van der Waals surface area contributed by atoms with E-state index in [-0.39, 0.29) is 24.2 Å². The van der Waals surface area contributed by atoms with Gasteiger partial charge in [-0.1, -0.05) is 44.2 Å². The summed E-state index contributed by atoms with van der Waals surface area (Å²) in [6.07, 6.45) is 0.754. The van der Waals surface area contributed by atoms with Crippen LogP contribution in [-0.4, -0.2) is 21.0 Å². The van der Waals surface area contributed by atoms with Crippen molar-refractivity contribution < 1.29 is 8.42 Å². The highest BCUT2D eigenvalue weighted by molar-refractivity contribution is 7.88. The number of hydrogen-bond acceptors (Lipinski definition) is 3. The Hall–Kier alpha value is -0.620. The minimum Gasteiger partial charge on any atom is -0.329 e. The van der Waals surface area contributed by atoms with E-state index < -0.39 is 10.0 Å². The van der Waals surface area contributed by atoms with Crippen molar-refractivity contribution in [1.29, 1.82) is 0 Å². The second-order valence-corrected chi connectivity index (χ2v) is 6.68. The van der Waals surface area contributed by atoms with Crippen molar-refractivity contribution >= 4 is 22.4 Å². The van der Waals surface area contributed by atoms with Crippen LogP contribution in [0.3, 0.4) is 0 Å². The quantitative estimate of drug-likeness (QED) is 0.808. The molecule has 0 aliphatic carbocycles. The van der Waals surface area contributed by atoms with Gasteiger partial charge in [-0.3, -0.25) is 0 Å². The summed E-state index contributed by atoms with van der Waals surface area (Å²) in [4.78, 5) is 0. The van der Waals surface area contributed by atoms with Gasteiger partial charge in [-0.15, -0.1) is 12.4 Å². The van der Waals surface area contributed by atoms with E-state index in [1.807, 2.05) is 32.0 Å². The maximum Gasteiger partial charge on any atom is 0.216 e. The van der Waals surface area contributed by atoms with Crippen molar-refractivity contribution in [3.8, 4) is 0 Å². The molecule has 19 heavy (non-hydrogen) atoms. The monoisotopic (exact) mass is 306 g/mol. The molecular weight excluding hydrogens is 284 g/mol. The van der Waals surface area contributed by atoms with Crippen LogP contribution in [0.1, 0.15) is 25.8 Å². The van der Waals surface area contributed by atoms with Gasteiger partial charge >= 0.3 is 0 Å². The smallest absolute Gasteiger partial charge is 0.216 e. The lowest BCUT2D eigenvalue weighted by Crippen LogP contribution is -2.41. The number of hydrogen-bond donors (Lipinski definition) is 2. The number of nitrogens with one attached hydrogen (secondary N) is 1. The Morgan fingerprint density at radius 2 is 1.79 bits per heavy atom. The van der Waals surface area contributed by atoms with E-state index in [2.05, 4.69) is 4.72 Å². The van der Waals surface area contributed by atoms with E-state index >= 15 is 0 Å². The van der Waals surface area contributed by atoms with Crippen molar-refractivity contribution in [2.24, 2.45) is 11.7 Å². The van der Waals surface area contributed by atoms with Gasteiger partial charge in [-0.2, -0.15) is 0 Å². The average molecular weight is 307 g/mol. The van der Waals surface area contributed by atoms with Crippen molar-refractivity contribution in [3.05, 3.63) is 35.9 Å². The molecule has 6 heteroatoms. The first-order valence-corrected chi connectivity index (χ1v) is 7.82. The van der Waals surface area contributed by atoms with Gasteiger partial charge in [-0.05, 0) is 17.9 Å². The van der Waals surface area contributed by atoms with Crippen molar-refractivity contribution in [2.45, 2.75) is 32.1 Å². The lowest BCUT2D eigenvalue weighted by Gasteiger charge is -2.18. The molecule has 0 heterocycles. The summed E-state index contributed by atoms with van der Waals surface area (Å²) in [7, 11) is -3.32. The lowest BCUT2D eigenvalue weighted by molar-refractivity contribution is 0.465. The summed E-state index contributed by atoms with van der Waals surface area (Å²) in [5, 5.41) is 0. The molecule has 0 saturated carbocycles. The molecular formula is C13H23ClN2O2S. The molecule has 1 unspecified atom stereocenters. The number of sulfonamides is 1. The highest BCUT2D eigenvalue weighted by Crippen LogP contribution is 2.08. The molecule has 0 amide bonds. The summed E-state index contributed by atoms with van der Waals surface area (Å²) >= 11 is 0. The van der Waals surface area contributed by atoms with E-state index in [9.17, 15) is 8.42 Å². The van der Waals surface area contributed by atoms with E-state index in [1.165, 1.54) is 0 Å². The molecule has 110 valence electrons. The van der Waals surface area contributed by atoms with Crippen LogP contribution in [0.25, 0.3) is 0 Å². The van der Waals surface area contributed by atoms with Gasteiger partial charge in [-0.25, -0.2) is 13.1 Å². The van der Waals surface area contributed by atoms with Gasteiger partial charge in [0.1, 0.15) is 0 Å². The molecule has 0 saturated heterocycles. The fourth-order valence-corrected chi connectivity index (χ4v) is 3.27. The van der Waals surface area contributed by atoms with Crippen LogP contribution in [0.4, 0.5) is 0 Å². The molecule has 0 aromatic heterocycles. The fourth-order valence-electron chi connectivity index (χ4n) is 1.85. The second-order valence-electron chi connectivity index (χ2n) is 4.92. The van der Waals surface area contributed by atoms with E-state index in [1.54, 1.807) is 12.1 Å². The molecule has 0 radical (unpaired) electrons. The van der Waals surface area contributed by atoms with Crippen LogP contribution in [0.2, 0.25) is 0 Å². The Morgan fingerprint density at radius 1 is 1.21 bits per heavy atom. The van der Waals surface area contributed by atoms with Crippen LogP contribution in [0.15, 0.2) is 30.3 Å². The van der Waals surface area contributed by atoms with E-state index in [0.717, 1.165) is 12.0 Å². The van der Waals surface area contributed by atoms with Crippen molar-refractivity contribution in [3.63, 3.8) is 0 Å². The van der Waals surface area contributed by atoms with Gasteiger partial charge in [0.25, 0.3) is 0 Å². The molecule has 1 aromatic rings. The molecule has 3 N–H and O–H groups in total. The van der Waals surface area contributed by atoms with Gasteiger partial charge in [0.05, 0.1) is 5.75 Å². The van der Waals surface area contributed by atoms with Crippen LogP contribution >= 0.6 is 12.4 Å². The van der Waals surface area contributed by atoms with Crippen molar-refractivity contribution in [2.75, 3.05) is 6.54 Å². The van der Waals surface area contributed by atoms with Crippen LogP contribution in [0.5, 0.6) is 0 Å². The molecule has 0 aliphatic heterocycles. The third kappa shape index (κ3) is 7.52. The molecule has 1 rings (SSSR count). The molecule has 4 nitrogen and oxygen atoms in total. The topological polar surface area (TPSA) is 72.2 Å². The average Bonchev–Trinajstić information content (AvgIpc) is 2.27. The Morgan fingerprint density at radius 3 is 2.26 bits per heavy atom. The predicted molar refractivity (Wildman–Crippen MR) is 81.7 cm³/mol. The number of halogens is 1. The van der Waals surface area contributed by atoms with Gasteiger partial charge < -0.3 is 5.73 Å². The number of nitrogens with two attached hydrogens (primary N) is 1. The highest BCUT2D eigenvalue weighted by Gasteiger charge is 2.18. The zero-order chi connectivity index (χ0) is 13.6. The first kappa shape index (κ1) is 18.4. The lowest BCUT2D eigenvalue weighted by atomic mass is 10.1. The fraction of sp³-hybridized carbons (Fsp3) is 0.538. The zero-order valence-corrected chi connectivity index (χ0v) is 13.0. The molecule has 0 aliphatic rings. The molecule has 1 atom stereocenters. The first-order valence-electron chi connectivity index (χ1n) is 6.17. The maximum absolute atomic E-state index is 12.0.